The Morgan fingerprint density at radius 3 is 2.83 bits per heavy atom. The Bertz CT molecular complexity index is 959. The maximum Gasteiger partial charge on any atom is 0.420 e. The molecule has 1 aromatic carbocycles. The predicted octanol–water partition coefficient (Wildman–Crippen LogP) is 1.41. The maximum atomic E-state index is 12.1. The lowest BCUT2D eigenvalue weighted by Gasteiger charge is -2.04. The molecule has 24 heavy (non-hydrogen) atoms. The Labute approximate surface area is 135 Å². The Morgan fingerprint density at radius 1 is 1.29 bits per heavy atom. The fourth-order valence-electron chi connectivity index (χ4n) is 2.22. The molecule has 0 aliphatic rings. The van der Waals surface area contributed by atoms with Gasteiger partial charge in [-0.25, -0.2) is 14.6 Å². The number of hydrogen-bond acceptors (Lipinski definition) is 6. The van der Waals surface area contributed by atoms with Gasteiger partial charge in [0.05, 0.1) is 18.2 Å². The number of carbonyl (C=O) groups excluding carboxylic acids is 2. The zero-order valence-corrected chi connectivity index (χ0v) is 12.7. The normalized spacial score (nSPS) is 10.5. The number of anilines is 1. The van der Waals surface area contributed by atoms with Crippen LogP contribution in [0.25, 0.3) is 11.1 Å². The van der Waals surface area contributed by atoms with Crippen molar-refractivity contribution in [2.45, 2.75) is 6.54 Å². The molecule has 0 saturated heterocycles. The van der Waals surface area contributed by atoms with E-state index in [4.69, 9.17) is 4.42 Å². The number of ether oxygens (including phenoxy) is 1. The number of aromatic nitrogens is 2. The lowest BCUT2D eigenvalue weighted by molar-refractivity contribution is -0.116. The monoisotopic (exact) mass is 327 g/mol. The Kier molecular flexibility index (Phi) is 4.11. The quantitative estimate of drug-likeness (QED) is 0.727. The van der Waals surface area contributed by atoms with Crippen LogP contribution in [0.3, 0.4) is 0 Å². The highest BCUT2D eigenvalue weighted by Gasteiger charge is 2.15. The van der Waals surface area contributed by atoms with Crippen LogP contribution in [0.1, 0.15) is 10.4 Å². The molecule has 8 nitrogen and oxygen atoms in total. The minimum Gasteiger partial charge on any atom is -0.465 e. The van der Waals surface area contributed by atoms with Crippen molar-refractivity contribution in [1.82, 2.24) is 9.55 Å². The third-order valence-corrected chi connectivity index (χ3v) is 3.32. The van der Waals surface area contributed by atoms with Crippen molar-refractivity contribution in [3.8, 4) is 0 Å². The van der Waals surface area contributed by atoms with E-state index < -0.39 is 17.6 Å². The van der Waals surface area contributed by atoms with Crippen molar-refractivity contribution in [2.24, 2.45) is 0 Å². The van der Waals surface area contributed by atoms with Gasteiger partial charge in [0.15, 0.2) is 5.58 Å². The van der Waals surface area contributed by atoms with Crippen LogP contribution in [0.4, 0.5) is 5.82 Å². The minimum absolute atomic E-state index is 0.202. The number of hydrogen-bond donors (Lipinski definition) is 1. The van der Waals surface area contributed by atoms with Crippen LogP contribution in [-0.4, -0.2) is 28.5 Å². The largest absolute Gasteiger partial charge is 0.465 e. The van der Waals surface area contributed by atoms with Crippen molar-refractivity contribution in [2.75, 3.05) is 12.4 Å². The van der Waals surface area contributed by atoms with Gasteiger partial charge in [-0.15, -0.1) is 0 Å². The zero-order chi connectivity index (χ0) is 17.1. The topological polar surface area (TPSA) is 103 Å². The number of pyridine rings is 1. The summed E-state index contributed by atoms with van der Waals surface area (Å²) >= 11 is 0. The second kappa shape index (κ2) is 6.37. The fraction of sp³-hybridized carbons (Fsp3) is 0.125. The molecule has 0 unspecified atom stereocenters. The summed E-state index contributed by atoms with van der Waals surface area (Å²) in [5.74, 6) is -1.27. The molecule has 3 aromatic rings. The van der Waals surface area contributed by atoms with Gasteiger partial charge >= 0.3 is 11.7 Å². The standard InChI is InChI=1S/C16H13N3O5/c1-23-15(21)10-5-6-11-12(8-10)24-16(22)19(11)9-14(20)18-13-4-2-3-7-17-13/h2-8H,9H2,1H3,(H,17,18,20). The molecule has 122 valence electrons. The zero-order valence-electron chi connectivity index (χ0n) is 12.7. The first-order valence-electron chi connectivity index (χ1n) is 7.01. The average Bonchev–Trinajstić information content (AvgIpc) is 2.89. The summed E-state index contributed by atoms with van der Waals surface area (Å²) in [5, 5.41) is 2.59. The van der Waals surface area contributed by atoms with E-state index in [-0.39, 0.29) is 17.7 Å². The summed E-state index contributed by atoms with van der Waals surface area (Å²) in [6.45, 7) is -0.236. The third kappa shape index (κ3) is 3.02. The van der Waals surface area contributed by atoms with Gasteiger partial charge in [0.1, 0.15) is 12.4 Å². The van der Waals surface area contributed by atoms with Gasteiger partial charge in [-0.1, -0.05) is 6.07 Å². The smallest absolute Gasteiger partial charge is 0.420 e. The van der Waals surface area contributed by atoms with Gasteiger partial charge < -0.3 is 14.5 Å². The second-order valence-electron chi connectivity index (χ2n) is 4.89. The molecular weight excluding hydrogens is 314 g/mol. The number of amides is 1. The highest BCUT2D eigenvalue weighted by Crippen LogP contribution is 2.16. The van der Waals surface area contributed by atoms with Crippen molar-refractivity contribution in [3.05, 3.63) is 58.7 Å². The van der Waals surface area contributed by atoms with Crippen LogP contribution in [0.2, 0.25) is 0 Å². The lowest BCUT2D eigenvalue weighted by atomic mass is 10.2. The van der Waals surface area contributed by atoms with Gasteiger partial charge in [-0.3, -0.25) is 9.36 Å². The van der Waals surface area contributed by atoms with Crippen LogP contribution in [-0.2, 0) is 16.1 Å². The molecule has 0 bridgehead atoms. The van der Waals surface area contributed by atoms with E-state index in [0.29, 0.717) is 11.3 Å². The number of carbonyl (C=O) groups is 2. The number of oxazole rings is 1. The summed E-state index contributed by atoms with van der Waals surface area (Å²) in [6, 6.07) is 9.52. The first-order valence-corrected chi connectivity index (χ1v) is 7.01. The Morgan fingerprint density at radius 2 is 2.12 bits per heavy atom. The molecule has 2 aromatic heterocycles. The van der Waals surface area contributed by atoms with Gasteiger partial charge in [-0.05, 0) is 30.3 Å². The average molecular weight is 327 g/mol. The fourth-order valence-corrected chi connectivity index (χ4v) is 2.22. The highest BCUT2D eigenvalue weighted by atomic mass is 16.5. The van der Waals surface area contributed by atoms with Crippen LogP contribution in [0.15, 0.2) is 51.8 Å². The second-order valence-corrected chi connectivity index (χ2v) is 4.89. The highest BCUT2D eigenvalue weighted by molar-refractivity contribution is 5.94. The molecule has 1 amide bonds. The predicted molar refractivity (Wildman–Crippen MR) is 84.7 cm³/mol. The van der Waals surface area contributed by atoms with Crippen molar-refractivity contribution < 1.29 is 18.7 Å². The number of esters is 1. The number of nitrogens with one attached hydrogen (secondary N) is 1. The lowest BCUT2D eigenvalue weighted by Crippen LogP contribution is -2.25. The molecule has 0 saturated carbocycles. The summed E-state index contributed by atoms with van der Waals surface area (Å²) in [6.07, 6.45) is 1.55. The van der Waals surface area contributed by atoms with Crippen molar-refractivity contribution >= 4 is 28.8 Å². The van der Waals surface area contributed by atoms with Gasteiger partial charge in [0, 0.05) is 6.20 Å². The third-order valence-electron chi connectivity index (χ3n) is 3.32. The number of rotatable bonds is 4. The van der Waals surface area contributed by atoms with E-state index in [9.17, 15) is 14.4 Å². The molecule has 0 aliphatic heterocycles. The molecule has 3 rings (SSSR count). The van der Waals surface area contributed by atoms with Crippen LogP contribution in [0.5, 0.6) is 0 Å². The SMILES string of the molecule is COC(=O)c1ccc2c(c1)oc(=O)n2CC(=O)Nc1ccccn1. The minimum atomic E-state index is -0.691. The number of benzene rings is 1. The number of nitrogens with zero attached hydrogens (tertiary/aromatic N) is 2. The van der Waals surface area contributed by atoms with E-state index >= 15 is 0 Å². The molecule has 0 radical (unpaired) electrons. The van der Waals surface area contributed by atoms with Gasteiger partial charge in [-0.2, -0.15) is 0 Å². The Balaban J connectivity index is 1.87. The summed E-state index contributed by atoms with van der Waals surface area (Å²) in [7, 11) is 1.26. The first kappa shape index (κ1) is 15.5. The molecular formula is C16H13N3O5. The summed E-state index contributed by atoms with van der Waals surface area (Å²) in [4.78, 5) is 39.5. The molecule has 0 aliphatic carbocycles. The first-order chi connectivity index (χ1) is 11.6. The van der Waals surface area contributed by atoms with Crippen LogP contribution in [0, 0.1) is 0 Å². The van der Waals surface area contributed by atoms with E-state index in [1.807, 2.05) is 0 Å². The van der Waals surface area contributed by atoms with Gasteiger partial charge in [0.2, 0.25) is 5.91 Å². The molecule has 1 N–H and O–H groups in total. The van der Waals surface area contributed by atoms with Crippen LogP contribution >= 0.6 is 0 Å². The molecule has 8 heteroatoms. The van der Waals surface area contributed by atoms with Crippen molar-refractivity contribution in [1.29, 1.82) is 0 Å². The molecule has 0 atom stereocenters. The van der Waals surface area contributed by atoms with E-state index in [1.165, 1.54) is 29.9 Å². The van der Waals surface area contributed by atoms with Crippen LogP contribution < -0.4 is 11.1 Å². The molecule has 0 spiro atoms. The summed E-state index contributed by atoms with van der Waals surface area (Å²) in [5.41, 5.74) is 0.862. The number of fused-ring (bicyclic) bond motifs is 1. The summed E-state index contributed by atoms with van der Waals surface area (Å²) < 4.78 is 10.9. The molecule has 2 heterocycles. The maximum absolute atomic E-state index is 12.1. The molecule has 0 fully saturated rings. The Hall–Kier alpha value is -3.42. The van der Waals surface area contributed by atoms with E-state index in [2.05, 4.69) is 15.0 Å². The van der Waals surface area contributed by atoms with E-state index in [1.54, 1.807) is 24.4 Å². The number of methoxy groups -OCH3 is 1. The van der Waals surface area contributed by atoms with E-state index in [0.717, 1.165) is 0 Å². The van der Waals surface area contributed by atoms with Gasteiger partial charge in [0.25, 0.3) is 0 Å². The van der Waals surface area contributed by atoms with Crippen molar-refractivity contribution in [3.63, 3.8) is 0 Å².